The number of rotatable bonds is 7. The van der Waals surface area contributed by atoms with Crippen molar-refractivity contribution < 1.29 is 24.2 Å². The van der Waals surface area contributed by atoms with Crippen LogP contribution in [0.15, 0.2) is 48.5 Å². The first-order valence-corrected chi connectivity index (χ1v) is 9.32. The normalized spacial score (nSPS) is 14.9. The minimum atomic E-state index is -0.948. The van der Waals surface area contributed by atoms with Crippen LogP contribution in [0.2, 0.25) is 0 Å². The minimum Gasteiger partial charge on any atom is -0.481 e. The fourth-order valence-corrected chi connectivity index (χ4v) is 3.97. The Hall–Kier alpha value is -2.86. The second kappa shape index (κ2) is 8.44. The molecule has 1 aliphatic rings. The van der Waals surface area contributed by atoms with Crippen molar-refractivity contribution in [3.8, 4) is 11.1 Å². The highest BCUT2D eigenvalue weighted by Gasteiger charge is 2.40. The van der Waals surface area contributed by atoms with E-state index in [1.807, 2.05) is 62.4 Å². The average molecular weight is 383 g/mol. The van der Waals surface area contributed by atoms with Crippen molar-refractivity contribution >= 4 is 12.1 Å². The number of nitrogens with one attached hydrogen (secondary N) is 1. The van der Waals surface area contributed by atoms with E-state index in [9.17, 15) is 14.7 Å². The summed E-state index contributed by atoms with van der Waals surface area (Å²) in [6, 6.07) is 15.9. The first kappa shape index (κ1) is 19.9. The van der Waals surface area contributed by atoms with Crippen molar-refractivity contribution in [3.63, 3.8) is 0 Å². The largest absolute Gasteiger partial charge is 0.481 e. The highest BCUT2D eigenvalue weighted by Crippen LogP contribution is 2.49. The van der Waals surface area contributed by atoms with Crippen LogP contribution in [0.3, 0.4) is 0 Å². The maximum atomic E-state index is 11.9. The fourth-order valence-electron chi connectivity index (χ4n) is 3.97. The van der Waals surface area contributed by atoms with Gasteiger partial charge in [-0.1, -0.05) is 48.5 Å². The molecule has 6 nitrogen and oxygen atoms in total. The Morgan fingerprint density at radius 3 is 2.04 bits per heavy atom. The van der Waals surface area contributed by atoms with Crippen LogP contribution in [0.4, 0.5) is 4.79 Å². The lowest BCUT2D eigenvalue weighted by molar-refractivity contribution is -0.141. The molecule has 6 heteroatoms. The number of carboxylic acid groups (broad SMARTS) is 1. The van der Waals surface area contributed by atoms with Crippen LogP contribution in [0.1, 0.15) is 37.3 Å². The molecular formula is C22H25NO5. The van der Waals surface area contributed by atoms with Gasteiger partial charge in [0.2, 0.25) is 0 Å². The summed E-state index contributed by atoms with van der Waals surface area (Å²) in [6.07, 6.45) is -1.83. The molecule has 0 spiro atoms. The lowest BCUT2D eigenvalue weighted by Crippen LogP contribution is -2.46. The molecule has 2 aromatic rings. The lowest BCUT2D eigenvalue weighted by Gasteiger charge is -2.33. The Morgan fingerprint density at radius 1 is 1.04 bits per heavy atom. The number of aliphatic carboxylic acids is 1. The van der Waals surface area contributed by atoms with Gasteiger partial charge in [-0.15, -0.1) is 0 Å². The van der Waals surface area contributed by atoms with Crippen LogP contribution in [0, 0.1) is 5.92 Å². The maximum Gasteiger partial charge on any atom is 0.408 e. The standard InChI is InChI=1S/C22H25NO5/c1-13(2)28-21(23-22(26)27-3)18(12-19(24)25)20-16-10-6-4-8-14(16)15-9-5-7-11-17(15)20/h4-11,13,18,20-21H,12H2,1-3H3,(H,23,26)(H,24,25)/t18-,21?/m0/s1. The van der Waals surface area contributed by atoms with Gasteiger partial charge in [0.05, 0.1) is 19.6 Å². The van der Waals surface area contributed by atoms with Gasteiger partial charge in [0, 0.05) is 11.8 Å². The molecule has 0 fully saturated rings. The predicted molar refractivity (Wildman–Crippen MR) is 105 cm³/mol. The van der Waals surface area contributed by atoms with Gasteiger partial charge in [-0.3, -0.25) is 10.1 Å². The predicted octanol–water partition coefficient (Wildman–Crippen LogP) is 4.00. The van der Waals surface area contributed by atoms with E-state index in [0.717, 1.165) is 22.3 Å². The molecule has 2 N–H and O–H groups in total. The monoisotopic (exact) mass is 383 g/mol. The highest BCUT2D eigenvalue weighted by molar-refractivity contribution is 5.79. The molecule has 0 heterocycles. The van der Waals surface area contributed by atoms with Gasteiger partial charge in [0.15, 0.2) is 0 Å². The van der Waals surface area contributed by atoms with E-state index in [1.54, 1.807) is 0 Å². The molecule has 28 heavy (non-hydrogen) atoms. The van der Waals surface area contributed by atoms with Crippen LogP contribution in [-0.2, 0) is 14.3 Å². The minimum absolute atomic E-state index is 0.158. The molecule has 0 bridgehead atoms. The van der Waals surface area contributed by atoms with Crippen molar-refractivity contribution in [1.82, 2.24) is 5.32 Å². The van der Waals surface area contributed by atoms with Crippen LogP contribution in [0.25, 0.3) is 11.1 Å². The number of hydrogen-bond acceptors (Lipinski definition) is 4. The second-order valence-corrected chi connectivity index (χ2v) is 7.16. The maximum absolute atomic E-state index is 11.9. The molecule has 1 aliphatic carbocycles. The Morgan fingerprint density at radius 2 is 1.57 bits per heavy atom. The zero-order valence-electron chi connectivity index (χ0n) is 16.2. The third-order valence-corrected chi connectivity index (χ3v) is 4.97. The number of fused-ring (bicyclic) bond motifs is 3. The number of carbonyl (C=O) groups is 2. The van der Waals surface area contributed by atoms with Gasteiger partial charge in [-0.2, -0.15) is 0 Å². The number of methoxy groups -OCH3 is 1. The molecule has 148 valence electrons. The molecule has 3 rings (SSSR count). The van der Waals surface area contributed by atoms with E-state index in [4.69, 9.17) is 9.47 Å². The Kier molecular flexibility index (Phi) is 5.99. The quantitative estimate of drug-likeness (QED) is 0.706. The molecule has 1 amide bonds. The third kappa shape index (κ3) is 4.02. The van der Waals surface area contributed by atoms with E-state index in [0.29, 0.717) is 0 Å². The molecule has 0 radical (unpaired) electrons. The molecule has 0 saturated heterocycles. The summed E-state index contributed by atoms with van der Waals surface area (Å²) in [5.74, 6) is -1.68. The van der Waals surface area contributed by atoms with Crippen LogP contribution in [0.5, 0.6) is 0 Å². The number of amides is 1. The number of alkyl carbamates (subject to hydrolysis) is 1. The van der Waals surface area contributed by atoms with Crippen molar-refractivity contribution in [2.24, 2.45) is 5.92 Å². The fraction of sp³-hybridized carbons (Fsp3) is 0.364. The van der Waals surface area contributed by atoms with Gasteiger partial charge in [-0.05, 0) is 36.1 Å². The molecule has 0 aliphatic heterocycles. The SMILES string of the molecule is COC(=O)NC(OC(C)C)[C@@H](CC(=O)O)C1c2ccccc2-c2ccccc21. The van der Waals surface area contributed by atoms with Gasteiger partial charge < -0.3 is 14.6 Å². The van der Waals surface area contributed by atoms with E-state index in [2.05, 4.69) is 5.32 Å². The van der Waals surface area contributed by atoms with Crippen LogP contribution < -0.4 is 5.32 Å². The first-order valence-electron chi connectivity index (χ1n) is 9.32. The summed E-state index contributed by atoms with van der Waals surface area (Å²) in [7, 11) is 1.27. The summed E-state index contributed by atoms with van der Waals surface area (Å²) in [4.78, 5) is 23.7. The Bertz CT molecular complexity index is 818. The van der Waals surface area contributed by atoms with Gasteiger partial charge in [0.25, 0.3) is 0 Å². The van der Waals surface area contributed by atoms with E-state index >= 15 is 0 Å². The number of hydrogen-bond donors (Lipinski definition) is 2. The van der Waals surface area contributed by atoms with Crippen LogP contribution >= 0.6 is 0 Å². The summed E-state index contributed by atoms with van der Waals surface area (Å²) >= 11 is 0. The van der Waals surface area contributed by atoms with E-state index in [1.165, 1.54) is 7.11 Å². The van der Waals surface area contributed by atoms with Crippen molar-refractivity contribution in [2.45, 2.75) is 38.5 Å². The second-order valence-electron chi connectivity index (χ2n) is 7.16. The van der Waals surface area contributed by atoms with Gasteiger partial charge in [0.1, 0.15) is 6.23 Å². The van der Waals surface area contributed by atoms with E-state index < -0.39 is 24.2 Å². The smallest absolute Gasteiger partial charge is 0.408 e. The zero-order valence-corrected chi connectivity index (χ0v) is 16.2. The number of ether oxygens (including phenoxy) is 2. The lowest BCUT2D eigenvalue weighted by atomic mass is 9.81. The van der Waals surface area contributed by atoms with Crippen LogP contribution in [-0.4, -0.2) is 36.6 Å². The van der Waals surface area contributed by atoms with Gasteiger partial charge in [-0.25, -0.2) is 4.79 Å². The summed E-state index contributed by atoms with van der Waals surface area (Å²) in [5.41, 5.74) is 4.25. The molecule has 1 unspecified atom stereocenters. The summed E-state index contributed by atoms with van der Waals surface area (Å²) in [5, 5.41) is 12.3. The average Bonchev–Trinajstić information content (AvgIpc) is 2.99. The number of benzene rings is 2. The first-order chi connectivity index (χ1) is 13.4. The molecule has 2 atom stereocenters. The topological polar surface area (TPSA) is 84.9 Å². The Balaban J connectivity index is 2.10. The van der Waals surface area contributed by atoms with Crippen molar-refractivity contribution in [3.05, 3.63) is 59.7 Å². The van der Waals surface area contributed by atoms with Crippen molar-refractivity contribution in [2.75, 3.05) is 7.11 Å². The summed E-state index contributed by atoms with van der Waals surface area (Å²) in [6.45, 7) is 3.70. The molecule has 0 aromatic heterocycles. The van der Waals surface area contributed by atoms with E-state index in [-0.39, 0.29) is 18.4 Å². The van der Waals surface area contributed by atoms with Crippen molar-refractivity contribution in [1.29, 1.82) is 0 Å². The zero-order chi connectivity index (χ0) is 20.3. The molecular weight excluding hydrogens is 358 g/mol. The van der Waals surface area contributed by atoms with Gasteiger partial charge >= 0.3 is 12.1 Å². The number of carbonyl (C=O) groups excluding carboxylic acids is 1. The summed E-state index contributed by atoms with van der Waals surface area (Å²) < 4.78 is 10.7. The Labute approximate surface area is 164 Å². The molecule has 0 saturated carbocycles. The number of carboxylic acids is 1. The molecule has 2 aromatic carbocycles. The third-order valence-electron chi connectivity index (χ3n) is 4.97. The highest BCUT2D eigenvalue weighted by atomic mass is 16.6.